The van der Waals surface area contributed by atoms with E-state index in [-0.39, 0.29) is 30.4 Å². The fraction of sp³-hybridized carbons (Fsp3) is 0.188. The van der Waals surface area contributed by atoms with Gasteiger partial charge in [0.05, 0.1) is 32.8 Å². The molecule has 10 heteroatoms. The highest BCUT2D eigenvalue weighted by Crippen LogP contribution is 2.17. The van der Waals surface area contributed by atoms with Gasteiger partial charge in [-0.3, -0.25) is 9.59 Å². The van der Waals surface area contributed by atoms with Crippen LogP contribution in [0.4, 0.5) is 0 Å². The van der Waals surface area contributed by atoms with Crippen molar-refractivity contribution in [1.29, 1.82) is 0 Å². The van der Waals surface area contributed by atoms with Crippen molar-refractivity contribution < 1.29 is 19.1 Å². The van der Waals surface area contributed by atoms with E-state index in [1.807, 2.05) is 60.7 Å². The van der Waals surface area contributed by atoms with E-state index in [2.05, 4.69) is 20.7 Å². The molecule has 0 spiro atoms. The number of benzene rings is 4. The third kappa shape index (κ3) is 9.41. The Labute approximate surface area is 245 Å². The summed E-state index contributed by atoms with van der Waals surface area (Å²) in [5.41, 5.74) is 17.2. The number of amides is 2. The Hall–Kier alpha value is -5.31. The molecule has 0 saturated heterocycles. The maximum absolute atomic E-state index is 12.3. The van der Waals surface area contributed by atoms with Gasteiger partial charge in [0.15, 0.2) is 0 Å². The normalized spacial score (nSPS) is 11.4. The number of hydrogen-bond acceptors (Lipinski definition) is 6. The molecule has 0 heterocycles. The number of ether oxygens (including phenoxy) is 2. The molecule has 4 rings (SSSR count). The maximum Gasteiger partial charge on any atom is 0.251 e. The van der Waals surface area contributed by atoms with E-state index in [1.54, 1.807) is 62.8 Å². The van der Waals surface area contributed by atoms with Crippen LogP contribution in [0.1, 0.15) is 43.9 Å². The van der Waals surface area contributed by atoms with Crippen LogP contribution in [0.25, 0.3) is 10.4 Å². The van der Waals surface area contributed by atoms with Crippen LogP contribution in [0.5, 0.6) is 11.5 Å². The monoisotopic (exact) mass is 566 g/mol. The molecule has 0 saturated carbocycles. The summed E-state index contributed by atoms with van der Waals surface area (Å²) in [5, 5.41) is 9.38. The summed E-state index contributed by atoms with van der Waals surface area (Å²) in [7, 11) is 3.16. The lowest BCUT2D eigenvalue weighted by Gasteiger charge is -2.17. The van der Waals surface area contributed by atoms with Crippen LogP contribution in [0.3, 0.4) is 0 Å². The van der Waals surface area contributed by atoms with Crippen LogP contribution in [0, 0.1) is 0 Å². The van der Waals surface area contributed by atoms with E-state index in [0.717, 1.165) is 16.9 Å². The lowest BCUT2D eigenvalue weighted by atomic mass is 10.1. The van der Waals surface area contributed by atoms with Gasteiger partial charge in [0.2, 0.25) is 0 Å². The van der Waals surface area contributed by atoms with E-state index >= 15 is 0 Å². The fourth-order valence-corrected chi connectivity index (χ4v) is 3.97. The Kier molecular flexibility index (Phi) is 12.4. The molecule has 0 fully saturated rings. The Morgan fingerprint density at radius 2 is 1.12 bits per heavy atom. The molecule has 0 aromatic heterocycles. The largest absolute Gasteiger partial charge is 0.497 e. The van der Waals surface area contributed by atoms with Crippen LogP contribution in [0.15, 0.2) is 114 Å². The Morgan fingerprint density at radius 1 is 0.714 bits per heavy atom. The number of carbonyl (C=O) groups excluding carboxylic acids is 2. The standard InChI is InChI=1S/C16H16N4O2.C16H18N2O2/c1-22-14-9-7-13(8-10-14)16(21)19-15(11-18-20-17)12-5-3-2-4-6-12;1-20-14-9-7-13(8-10-14)16(19)18-15(11-17)12-5-3-2-4-6-12/h2-10,15H,11H2,1H3,(H,19,21);2-10,15H,11,17H2,1H3,(H,18,19)/t2*15-/m00/s1. The summed E-state index contributed by atoms with van der Waals surface area (Å²) in [4.78, 5) is 27.2. The number of hydrogen-bond donors (Lipinski definition) is 3. The summed E-state index contributed by atoms with van der Waals surface area (Å²) >= 11 is 0. The number of nitrogens with two attached hydrogens (primary N) is 1. The Balaban J connectivity index is 0.000000231. The number of rotatable bonds is 11. The summed E-state index contributed by atoms with van der Waals surface area (Å²) in [6.07, 6.45) is 0. The molecule has 4 aromatic carbocycles. The number of nitrogens with zero attached hydrogens (tertiary/aromatic N) is 3. The zero-order valence-electron chi connectivity index (χ0n) is 23.5. The summed E-state index contributed by atoms with van der Waals surface area (Å²) in [5.74, 6) is 1.03. The molecule has 42 heavy (non-hydrogen) atoms. The van der Waals surface area contributed by atoms with Crippen molar-refractivity contribution in [3.05, 3.63) is 142 Å². The van der Waals surface area contributed by atoms with Crippen molar-refractivity contribution in [3.8, 4) is 11.5 Å². The van der Waals surface area contributed by atoms with Crippen molar-refractivity contribution in [3.63, 3.8) is 0 Å². The Morgan fingerprint density at radius 3 is 1.50 bits per heavy atom. The van der Waals surface area contributed by atoms with Gasteiger partial charge >= 0.3 is 0 Å². The van der Waals surface area contributed by atoms with Crippen molar-refractivity contribution >= 4 is 11.8 Å². The minimum absolute atomic E-state index is 0.146. The van der Waals surface area contributed by atoms with Gasteiger partial charge in [0, 0.05) is 22.6 Å². The summed E-state index contributed by atoms with van der Waals surface area (Å²) in [6.45, 7) is 0.508. The lowest BCUT2D eigenvalue weighted by Crippen LogP contribution is -2.33. The van der Waals surface area contributed by atoms with Crippen LogP contribution in [-0.2, 0) is 0 Å². The van der Waals surface area contributed by atoms with E-state index in [1.165, 1.54) is 0 Å². The number of carbonyl (C=O) groups is 2. The van der Waals surface area contributed by atoms with Crippen molar-refractivity contribution in [1.82, 2.24) is 10.6 Å². The van der Waals surface area contributed by atoms with E-state index < -0.39 is 0 Å². The van der Waals surface area contributed by atoms with Crippen LogP contribution in [0.2, 0.25) is 0 Å². The average molecular weight is 567 g/mol. The van der Waals surface area contributed by atoms with Gasteiger partial charge in [0.25, 0.3) is 11.8 Å². The first-order valence-corrected chi connectivity index (χ1v) is 13.2. The molecule has 2 atom stereocenters. The predicted molar refractivity (Wildman–Crippen MR) is 162 cm³/mol. The van der Waals surface area contributed by atoms with E-state index in [9.17, 15) is 9.59 Å². The minimum Gasteiger partial charge on any atom is -0.497 e. The fourth-order valence-electron chi connectivity index (χ4n) is 3.97. The molecule has 4 N–H and O–H groups in total. The van der Waals surface area contributed by atoms with Gasteiger partial charge in [-0.25, -0.2) is 0 Å². The van der Waals surface area contributed by atoms with Gasteiger partial charge in [-0.15, -0.1) is 0 Å². The molecule has 2 amide bonds. The second-order valence-electron chi connectivity index (χ2n) is 8.98. The van der Waals surface area contributed by atoms with Gasteiger partial charge < -0.3 is 25.8 Å². The highest BCUT2D eigenvalue weighted by Gasteiger charge is 2.16. The second-order valence-corrected chi connectivity index (χ2v) is 8.98. The second kappa shape index (κ2) is 16.7. The molecule has 0 bridgehead atoms. The minimum atomic E-state index is -0.369. The molecular weight excluding hydrogens is 532 g/mol. The van der Waals surface area contributed by atoms with Crippen molar-refractivity contribution in [2.45, 2.75) is 12.1 Å². The molecule has 216 valence electrons. The third-order valence-electron chi connectivity index (χ3n) is 6.28. The molecule has 0 radical (unpaired) electrons. The predicted octanol–water partition coefficient (Wildman–Crippen LogP) is 5.60. The van der Waals surface area contributed by atoms with E-state index in [0.29, 0.717) is 23.4 Å². The maximum atomic E-state index is 12.3. The first-order chi connectivity index (χ1) is 20.5. The number of nitrogens with one attached hydrogen (secondary N) is 2. The van der Waals surface area contributed by atoms with Gasteiger partial charge in [0.1, 0.15) is 11.5 Å². The first-order valence-electron chi connectivity index (χ1n) is 13.2. The zero-order valence-corrected chi connectivity index (χ0v) is 23.5. The van der Waals surface area contributed by atoms with Gasteiger partial charge in [-0.05, 0) is 65.2 Å². The smallest absolute Gasteiger partial charge is 0.251 e. The van der Waals surface area contributed by atoms with Crippen molar-refractivity contribution in [2.75, 3.05) is 27.3 Å². The molecule has 0 aliphatic rings. The molecule has 4 aromatic rings. The quantitative estimate of drug-likeness (QED) is 0.123. The number of azide groups is 1. The first kappa shape index (κ1) is 31.2. The topological polar surface area (TPSA) is 151 Å². The summed E-state index contributed by atoms with van der Waals surface area (Å²) < 4.78 is 10.1. The Bertz CT molecular complexity index is 1440. The highest BCUT2D eigenvalue weighted by molar-refractivity contribution is 5.95. The molecular formula is C32H34N6O4. The van der Waals surface area contributed by atoms with Crippen molar-refractivity contribution in [2.24, 2.45) is 10.8 Å². The van der Waals surface area contributed by atoms with E-state index in [4.69, 9.17) is 20.7 Å². The summed E-state index contributed by atoms with van der Waals surface area (Å²) in [6, 6.07) is 32.3. The highest BCUT2D eigenvalue weighted by atomic mass is 16.5. The molecule has 0 aliphatic heterocycles. The van der Waals surface area contributed by atoms with Crippen LogP contribution < -0.4 is 25.8 Å². The van der Waals surface area contributed by atoms with Crippen LogP contribution in [-0.4, -0.2) is 39.1 Å². The van der Waals surface area contributed by atoms with Gasteiger partial charge in [-0.2, -0.15) is 0 Å². The average Bonchev–Trinajstić information content (AvgIpc) is 3.06. The zero-order chi connectivity index (χ0) is 30.2. The molecule has 0 unspecified atom stereocenters. The SMILES string of the molecule is COc1ccc(C(=O)N[C@@H](CN)c2ccccc2)cc1.COc1ccc(C(=O)N[C@@H](CN=[N+]=[N-])c2ccccc2)cc1. The van der Waals surface area contributed by atoms with Crippen LogP contribution >= 0.6 is 0 Å². The molecule has 10 nitrogen and oxygen atoms in total. The molecule has 0 aliphatic carbocycles. The number of methoxy groups -OCH3 is 2. The van der Waals surface area contributed by atoms with Gasteiger partial charge in [-0.1, -0.05) is 65.8 Å². The third-order valence-corrected chi connectivity index (χ3v) is 6.28. The lowest BCUT2D eigenvalue weighted by molar-refractivity contribution is 0.0929.